The molecule has 0 saturated carbocycles. The average Bonchev–Trinajstić information content (AvgIpc) is 2.33. The van der Waals surface area contributed by atoms with E-state index in [0.717, 1.165) is 5.56 Å². The van der Waals surface area contributed by atoms with Crippen molar-refractivity contribution in [3.8, 4) is 11.5 Å². The first-order valence-electron chi connectivity index (χ1n) is 7.62. The molecule has 7 heteroatoms. The van der Waals surface area contributed by atoms with E-state index in [1.807, 2.05) is 6.92 Å². The second-order valence-corrected chi connectivity index (χ2v) is 7.23. The fraction of sp³-hybridized carbons (Fsp3) is 0.471. The van der Waals surface area contributed by atoms with Gasteiger partial charge in [-0.3, -0.25) is 9.59 Å². The molecule has 0 unspecified atom stereocenters. The number of rotatable bonds is 3. The Labute approximate surface area is 146 Å². The highest BCUT2D eigenvalue weighted by Gasteiger charge is 2.41. The molecule has 1 fully saturated rings. The molecule has 1 aromatic carbocycles. The van der Waals surface area contributed by atoms with E-state index >= 15 is 0 Å². The van der Waals surface area contributed by atoms with Crippen molar-refractivity contribution >= 4 is 29.3 Å². The lowest BCUT2D eigenvalue weighted by Gasteiger charge is -2.46. The summed E-state index contributed by atoms with van der Waals surface area (Å²) in [5, 5.41) is 7.02. The van der Waals surface area contributed by atoms with Gasteiger partial charge in [0.05, 0.1) is 5.54 Å². The Balaban J connectivity index is 2.49. The Hall–Kier alpha value is -2.15. The summed E-state index contributed by atoms with van der Waals surface area (Å²) in [6.45, 7) is 8.75. The minimum atomic E-state index is -0.536. The number of carbonyl (C=O) groups is 2. The van der Waals surface area contributed by atoms with E-state index in [9.17, 15) is 9.59 Å². The highest BCUT2D eigenvalue weighted by atomic mass is 32.1. The van der Waals surface area contributed by atoms with Crippen LogP contribution in [0.3, 0.4) is 0 Å². The molecule has 130 valence electrons. The van der Waals surface area contributed by atoms with Crippen molar-refractivity contribution in [2.75, 3.05) is 0 Å². The molecule has 1 aliphatic heterocycles. The predicted octanol–water partition coefficient (Wildman–Crippen LogP) is 2.40. The number of hydrogen-bond acceptors (Lipinski definition) is 5. The van der Waals surface area contributed by atoms with E-state index in [0.29, 0.717) is 23.0 Å². The van der Waals surface area contributed by atoms with Gasteiger partial charge in [-0.05, 0) is 51.5 Å². The fourth-order valence-corrected chi connectivity index (χ4v) is 3.65. The summed E-state index contributed by atoms with van der Waals surface area (Å²) in [6.07, 6.45) is 0.710. The molecule has 1 heterocycles. The molecule has 1 aliphatic rings. The van der Waals surface area contributed by atoms with Crippen LogP contribution in [-0.2, 0) is 15.1 Å². The Morgan fingerprint density at radius 1 is 1.08 bits per heavy atom. The molecule has 24 heavy (non-hydrogen) atoms. The summed E-state index contributed by atoms with van der Waals surface area (Å²) < 4.78 is 10.4. The minimum absolute atomic E-state index is 0.223. The molecule has 0 amide bonds. The van der Waals surface area contributed by atoms with Crippen LogP contribution < -0.4 is 20.1 Å². The summed E-state index contributed by atoms with van der Waals surface area (Å²) in [7, 11) is 0. The normalized spacial score (nSPS) is 22.1. The lowest BCUT2D eigenvalue weighted by Crippen LogP contribution is -2.63. The average molecular weight is 350 g/mol. The van der Waals surface area contributed by atoms with Crippen molar-refractivity contribution in [1.82, 2.24) is 10.6 Å². The largest absolute Gasteiger partial charge is 0.427 e. The predicted molar refractivity (Wildman–Crippen MR) is 94.0 cm³/mol. The number of esters is 2. The van der Waals surface area contributed by atoms with Crippen LogP contribution >= 0.6 is 12.2 Å². The van der Waals surface area contributed by atoms with Crippen LogP contribution in [0.25, 0.3) is 0 Å². The van der Waals surface area contributed by atoms with E-state index in [4.69, 9.17) is 21.7 Å². The van der Waals surface area contributed by atoms with Crippen molar-refractivity contribution < 1.29 is 19.1 Å². The highest BCUT2D eigenvalue weighted by molar-refractivity contribution is 7.80. The maximum atomic E-state index is 11.5. The fourth-order valence-electron chi connectivity index (χ4n) is 3.15. The topological polar surface area (TPSA) is 76.7 Å². The second kappa shape index (κ2) is 6.39. The van der Waals surface area contributed by atoms with Crippen molar-refractivity contribution in [2.24, 2.45) is 0 Å². The number of thiocarbonyl (C=S) groups is 1. The van der Waals surface area contributed by atoms with E-state index < -0.39 is 17.5 Å². The molecular formula is C17H22N2O4S. The van der Waals surface area contributed by atoms with Crippen molar-refractivity contribution in [3.05, 3.63) is 23.8 Å². The summed E-state index contributed by atoms with van der Waals surface area (Å²) in [6, 6.07) is 5.01. The SMILES string of the molecule is CC(=O)Oc1ccc([C@]2(C)CC(C)(C)NC(=S)N2)c(OC(C)=O)c1. The van der Waals surface area contributed by atoms with E-state index in [-0.39, 0.29) is 5.54 Å². The molecule has 1 aromatic rings. The molecule has 1 atom stereocenters. The number of nitrogens with one attached hydrogen (secondary N) is 2. The number of carbonyl (C=O) groups excluding carboxylic acids is 2. The summed E-state index contributed by atoms with van der Waals surface area (Å²) >= 11 is 5.32. The van der Waals surface area contributed by atoms with Gasteiger partial charge in [-0.15, -0.1) is 0 Å². The first-order chi connectivity index (χ1) is 11.0. The number of ether oxygens (including phenoxy) is 2. The monoisotopic (exact) mass is 350 g/mol. The third kappa shape index (κ3) is 4.23. The molecule has 0 aliphatic carbocycles. The zero-order valence-electron chi connectivity index (χ0n) is 14.5. The molecular weight excluding hydrogens is 328 g/mol. The molecule has 0 aromatic heterocycles. The molecule has 0 spiro atoms. The van der Waals surface area contributed by atoms with E-state index in [1.54, 1.807) is 18.2 Å². The Bertz CT molecular complexity index is 702. The highest BCUT2D eigenvalue weighted by Crippen LogP contribution is 2.39. The van der Waals surface area contributed by atoms with Crippen LogP contribution in [-0.4, -0.2) is 22.6 Å². The Morgan fingerprint density at radius 2 is 1.71 bits per heavy atom. The van der Waals surface area contributed by atoms with Crippen LogP contribution in [0.15, 0.2) is 18.2 Å². The van der Waals surface area contributed by atoms with Gasteiger partial charge in [0.25, 0.3) is 0 Å². The number of hydrogen-bond donors (Lipinski definition) is 2. The van der Waals surface area contributed by atoms with E-state index in [2.05, 4.69) is 24.5 Å². The van der Waals surface area contributed by atoms with Crippen LogP contribution in [0.1, 0.15) is 46.6 Å². The first kappa shape index (κ1) is 18.2. The molecule has 2 N–H and O–H groups in total. The molecule has 1 saturated heterocycles. The lowest BCUT2D eigenvalue weighted by atomic mass is 9.78. The first-order valence-corrected chi connectivity index (χ1v) is 8.03. The maximum absolute atomic E-state index is 11.5. The Morgan fingerprint density at radius 3 is 2.25 bits per heavy atom. The maximum Gasteiger partial charge on any atom is 0.308 e. The van der Waals surface area contributed by atoms with Crippen LogP contribution in [0.2, 0.25) is 0 Å². The van der Waals surface area contributed by atoms with Gasteiger partial charge < -0.3 is 20.1 Å². The summed E-state index contributed by atoms with van der Waals surface area (Å²) in [5.74, 6) is -0.223. The van der Waals surface area contributed by atoms with Gasteiger partial charge in [0.1, 0.15) is 11.5 Å². The zero-order valence-corrected chi connectivity index (χ0v) is 15.3. The van der Waals surface area contributed by atoms with Gasteiger partial charge in [0.15, 0.2) is 5.11 Å². The quantitative estimate of drug-likeness (QED) is 0.492. The molecule has 2 rings (SSSR count). The smallest absolute Gasteiger partial charge is 0.308 e. The lowest BCUT2D eigenvalue weighted by molar-refractivity contribution is -0.132. The van der Waals surface area contributed by atoms with E-state index in [1.165, 1.54) is 13.8 Å². The van der Waals surface area contributed by atoms with Crippen LogP contribution in [0, 0.1) is 0 Å². The van der Waals surface area contributed by atoms with Crippen molar-refractivity contribution in [3.63, 3.8) is 0 Å². The van der Waals surface area contributed by atoms with Gasteiger partial charge in [-0.25, -0.2) is 0 Å². The van der Waals surface area contributed by atoms with Crippen molar-refractivity contribution in [1.29, 1.82) is 0 Å². The molecule has 6 nitrogen and oxygen atoms in total. The van der Waals surface area contributed by atoms with Gasteiger partial charge in [0.2, 0.25) is 0 Å². The molecule has 0 radical (unpaired) electrons. The van der Waals surface area contributed by atoms with Crippen LogP contribution in [0.4, 0.5) is 0 Å². The Kier molecular flexibility index (Phi) is 4.85. The van der Waals surface area contributed by atoms with Crippen LogP contribution in [0.5, 0.6) is 11.5 Å². The summed E-state index contributed by atoms with van der Waals surface area (Å²) in [4.78, 5) is 22.6. The van der Waals surface area contributed by atoms with Gasteiger partial charge in [0, 0.05) is 31.0 Å². The minimum Gasteiger partial charge on any atom is -0.427 e. The summed E-state index contributed by atoms with van der Waals surface area (Å²) in [5.41, 5.74) is 0.00958. The van der Waals surface area contributed by atoms with Crippen molar-refractivity contribution in [2.45, 2.75) is 52.1 Å². The van der Waals surface area contributed by atoms with Gasteiger partial charge in [-0.1, -0.05) is 0 Å². The standard InChI is InChI=1S/C17H22N2O4S/c1-10(20)22-12-6-7-13(14(8-12)23-11(2)21)17(5)9-16(3,4)18-15(24)19-17/h6-8H,9H2,1-5H3,(H2,18,19,24)/t17-/m0/s1. The second-order valence-electron chi connectivity index (χ2n) is 6.82. The number of benzene rings is 1. The molecule has 0 bridgehead atoms. The zero-order chi connectivity index (χ0) is 18.1. The van der Waals surface area contributed by atoms with Gasteiger partial charge in [-0.2, -0.15) is 0 Å². The third-order valence-electron chi connectivity index (χ3n) is 3.70. The van der Waals surface area contributed by atoms with Gasteiger partial charge >= 0.3 is 11.9 Å². The third-order valence-corrected chi connectivity index (χ3v) is 3.90.